The molecule has 0 spiro atoms. The molecule has 11 heavy (non-hydrogen) atoms. The smallest absolute Gasteiger partial charge is 0.155 e. The predicted molar refractivity (Wildman–Crippen MR) is 47.4 cm³/mol. The minimum atomic E-state index is 0.295. The first-order valence-corrected chi connectivity index (χ1v) is 5.19. The average Bonchev–Trinajstić information content (AvgIpc) is 2.03. The van der Waals surface area contributed by atoms with Gasteiger partial charge in [0.25, 0.3) is 0 Å². The Labute approximate surface area is 70.5 Å². The zero-order chi connectivity index (χ0) is 8.36. The second-order valence-corrected chi connectivity index (χ2v) is 3.32. The third-order valence-electron chi connectivity index (χ3n) is 1.60. The summed E-state index contributed by atoms with van der Waals surface area (Å²) in [6, 6.07) is 0. The molecule has 0 atom stereocenters. The molecule has 0 aromatic heterocycles. The topological polar surface area (TPSA) is 26.3 Å². The van der Waals surface area contributed by atoms with Gasteiger partial charge in [0.1, 0.15) is 0 Å². The molecule has 0 aliphatic carbocycles. The normalized spacial score (nSPS) is 10.6. The summed E-state index contributed by atoms with van der Waals surface area (Å²) in [6.07, 6.45) is 6.77. The second kappa shape index (κ2) is 10.1. The summed E-state index contributed by atoms with van der Waals surface area (Å²) < 4.78 is 14.9. The van der Waals surface area contributed by atoms with E-state index >= 15 is 0 Å². The van der Waals surface area contributed by atoms with E-state index in [1.165, 1.54) is 19.3 Å². The van der Waals surface area contributed by atoms with Crippen molar-refractivity contribution in [2.24, 2.45) is 0 Å². The third-order valence-corrected chi connectivity index (χ3v) is 2.10. The maximum Gasteiger partial charge on any atom is 0.155 e. The molecular weight excluding hydrogens is 159 g/mol. The second-order valence-electron chi connectivity index (χ2n) is 2.61. The fraction of sp³-hybridized carbons (Fsp3) is 1.00. The highest BCUT2D eigenvalue weighted by atomic mass is 31.1. The Hall–Kier alpha value is 0.0600. The molecule has 0 saturated heterocycles. The summed E-state index contributed by atoms with van der Waals surface area (Å²) >= 11 is 0. The van der Waals surface area contributed by atoms with Crippen molar-refractivity contribution in [1.29, 1.82) is 0 Å². The molecule has 0 aliphatic rings. The highest BCUT2D eigenvalue weighted by molar-refractivity contribution is 7.23. The van der Waals surface area contributed by atoms with Crippen LogP contribution in [0.2, 0.25) is 0 Å². The lowest BCUT2D eigenvalue weighted by atomic mass is 10.2. The van der Waals surface area contributed by atoms with Crippen LogP contribution < -0.4 is 0 Å². The molecule has 0 unspecified atom stereocenters. The van der Waals surface area contributed by atoms with E-state index in [1.807, 2.05) is 0 Å². The Bertz CT molecular complexity index is 86.2. The quantitative estimate of drug-likeness (QED) is 0.420. The van der Waals surface area contributed by atoms with Crippen molar-refractivity contribution in [3.05, 3.63) is 0 Å². The standard InChI is InChI=1S/C8H17O2P/c1-10-7-5-3-2-4-6-8-11-9/h2-8H2,1H3. The molecule has 0 aromatic carbocycles. The van der Waals surface area contributed by atoms with Gasteiger partial charge in [-0.05, 0) is 12.8 Å². The van der Waals surface area contributed by atoms with E-state index in [0.717, 1.165) is 25.6 Å². The van der Waals surface area contributed by atoms with Gasteiger partial charge in [0.15, 0.2) is 8.46 Å². The molecule has 2 nitrogen and oxygen atoms in total. The highest BCUT2D eigenvalue weighted by Gasteiger charge is 1.89. The van der Waals surface area contributed by atoms with Gasteiger partial charge in [-0.25, -0.2) is 0 Å². The predicted octanol–water partition coefficient (Wildman–Crippen LogP) is 2.88. The van der Waals surface area contributed by atoms with Crippen LogP contribution in [0.4, 0.5) is 0 Å². The fourth-order valence-electron chi connectivity index (χ4n) is 0.953. The Kier molecular flexibility index (Phi) is 10.1. The van der Waals surface area contributed by atoms with E-state index in [4.69, 9.17) is 4.74 Å². The maximum absolute atomic E-state index is 10.0. The van der Waals surface area contributed by atoms with Crippen LogP contribution in [0.3, 0.4) is 0 Å². The van der Waals surface area contributed by atoms with E-state index in [-0.39, 0.29) is 0 Å². The lowest BCUT2D eigenvalue weighted by molar-refractivity contribution is 0.192. The van der Waals surface area contributed by atoms with E-state index < -0.39 is 0 Å². The molecular formula is C8H17O2P. The number of hydrogen-bond acceptors (Lipinski definition) is 2. The molecule has 0 saturated carbocycles. The molecule has 0 N–H and O–H groups in total. The van der Waals surface area contributed by atoms with Gasteiger partial charge in [0.2, 0.25) is 0 Å². The number of rotatable bonds is 8. The number of ether oxygens (including phenoxy) is 1. The molecule has 0 fully saturated rings. The van der Waals surface area contributed by atoms with Crippen molar-refractivity contribution in [2.45, 2.75) is 32.1 Å². The SMILES string of the molecule is COCCCCCCCP=O. The van der Waals surface area contributed by atoms with Crippen LogP contribution in [0.15, 0.2) is 0 Å². The molecule has 0 amide bonds. The van der Waals surface area contributed by atoms with Crippen LogP contribution in [-0.4, -0.2) is 19.9 Å². The van der Waals surface area contributed by atoms with E-state index in [1.54, 1.807) is 7.11 Å². The molecule has 0 aliphatic heterocycles. The van der Waals surface area contributed by atoms with Gasteiger partial charge < -0.3 is 4.74 Å². The number of hydrogen-bond donors (Lipinski definition) is 0. The van der Waals surface area contributed by atoms with Crippen LogP contribution in [0, 0.1) is 0 Å². The van der Waals surface area contributed by atoms with Gasteiger partial charge in [-0.15, -0.1) is 0 Å². The van der Waals surface area contributed by atoms with Crippen molar-refractivity contribution in [2.75, 3.05) is 19.9 Å². The Morgan fingerprint density at radius 3 is 2.36 bits per heavy atom. The summed E-state index contributed by atoms with van der Waals surface area (Å²) in [7, 11) is 2.03. The van der Waals surface area contributed by atoms with E-state index in [0.29, 0.717) is 8.46 Å². The molecule has 0 radical (unpaired) electrons. The van der Waals surface area contributed by atoms with Crippen molar-refractivity contribution in [3.63, 3.8) is 0 Å². The Morgan fingerprint density at radius 1 is 1.09 bits per heavy atom. The minimum Gasteiger partial charge on any atom is -0.385 e. The Balaban J connectivity index is 2.74. The number of methoxy groups -OCH3 is 1. The van der Waals surface area contributed by atoms with Crippen LogP contribution >= 0.6 is 8.46 Å². The van der Waals surface area contributed by atoms with Crippen LogP contribution in [0.5, 0.6) is 0 Å². The van der Waals surface area contributed by atoms with E-state index in [9.17, 15) is 4.57 Å². The lowest BCUT2D eigenvalue weighted by Gasteiger charge is -1.98. The summed E-state index contributed by atoms with van der Waals surface area (Å²) in [4.78, 5) is 0. The maximum atomic E-state index is 10.0. The third kappa shape index (κ3) is 10.1. The summed E-state index contributed by atoms with van der Waals surface area (Å²) in [5, 5.41) is 0. The molecule has 0 rings (SSSR count). The largest absolute Gasteiger partial charge is 0.385 e. The fourth-order valence-corrected chi connectivity index (χ4v) is 1.31. The first-order chi connectivity index (χ1) is 5.41. The van der Waals surface area contributed by atoms with Gasteiger partial charge in [0, 0.05) is 19.9 Å². The number of unbranched alkanes of at least 4 members (excludes halogenated alkanes) is 4. The van der Waals surface area contributed by atoms with Crippen molar-refractivity contribution in [3.8, 4) is 0 Å². The van der Waals surface area contributed by atoms with Gasteiger partial charge in [-0.1, -0.05) is 19.3 Å². The van der Waals surface area contributed by atoms with Crippen LogP contribution in [0.25, 0.3) is 0 Å². The molecule has 0 heterocycles. The van der Waals surface area contributed by atoms with Crippen LogP contribution in [0.1, 0.15) is 32.1 Å². The molecule has 0 bridgehead atoms. The highest BCUT2D eigenvalue weighted by Crippen LogP contribution is 2.05. The summed E-state index contributed by atoms with van der Waals surface area (Å²) in [6.45, 7) is 0.875. The van der Waals surface area contributed by atoms with Crippen molar-refractivity contribution >= 4 is 8.46 Å². The van der Waals surface area contributed by atoms with Crippen LogP contribution in [-0.2, 0) is 9.30 Å². The molecule has 0 aromatic rings. The summed E-state index contributed by atoms with van der Waals surface area (Å²) in [5.74, 6) is 0. The van der Waals surface area contributed by atoms with E-state index in [2.05, 4.69) is 0 Å². The lowest BCUT2D eigenvalue weighted by Crippen LogP contribution is -1.88. The zero-order valence-corrected chi connectivity index (χ0v) is 8.11. The monoisotopic (exact) mass is 176 g/mol. The molecule has 3 heteroatoms. The summed E-state index contributed by atoms with van der Waals surface area (Å²) in [5.41, 5.74) is 0. The van der Waals surface area contributed by atoms with Gasteiger partial charge in [-0.3, -0.25) is 4.57 Å². The van der Waals surface area contributed by atoms with Gasteiger partial charge >= 0.3 is 0 Å². The average molecular weight is 176 g/mol. The van der Waals surface area contributed by atoms with Gasteiger partial charge in [0.05, 0.1) is 0 Å². The molecule has 66 valence electrons. The van der Waals surface area contributed by atoms with Crippen molar-refractivity contribution in [1.82, 2.24) is 0 Å². The van der Waals surface area contributed by atoms with Gasteiger partial charge in [-0.2, -0.15) is 0 Å². The zero-order valence-electron chi connectivity index (χ0n) is 7.21. The minimum absolute atomic E-state index is 0.295. The Morgan fingerprint density at radius 2 is 1.73 bits per heavy atom. The first kappa shape index (κ1) is 11.1. The first-order valence-electron chi connectivity index (χ1n) is 4.20. The van der Waals surface area contributed by atoms with Crippen molar-refractivity contribution < 1.29 is 9.30 Å².